The normalized spacial score (nSPS) is 31.9. The Hall–Kier alpha value is -0.560. The van der Waals surface area contributed by atoms with Crippen LogP contribution in [0.5, 0.6) is 0 Å². The van der Waals surface area contributed by atoms with Gasteiger partial charge in [-0.1, -0.05) is 30.3 Å². The Balaban J connectivity index is 1.62. The highest BCUT2D eigenvalue weighted by atomic mass is 32.2. The first-order valence-corrected chi connectivity index (χ1v) is 9.17. The topological polar surface area (TPSA) is 9.23 Å². The van der Waals surface area contributed by atoms with Crippen LogP contribution in [0, 0.1) is 12.3 Å². The summed E-state index contributed by atoms with van der Waals surface area (Å²) in [6.45, 7) is 0.867. The number of unbranched alkanes of at least 4 members (excludes halogenated alkanes) is 2. The van der Waals surface area contributed by atoms with Gasteiger partial charge in [0.1, 0.15) is 0 Å². The molecule has 0 spiro atoms. The van der Waals surface area contributed by atoms with Crippen molar-refractivity contribution >= 4 is 23.5 Å². The van der Waals surface area contributed by atoms with Crippen molar-refractivity contribution in [1.29, 1.82) is 0 Å². The molecule has 106 valence electrons. The number of hydrogen-bond donors (Lipinski definition) is 0. The van der Waals surface area contributed by atoms with Gasteiger partial charge >= 0.3 is 0 Å². The Morgan fingerprint density at radius 1 is 1.15 bits per heavy atom. The fourth-order valence-corrected chi connectivity index (χ4v) is 6.20. The first kappa shape index (κ1) is 14.4. The zero-order chi connectivity index (χ0) is 13.9. The van der Waals surface area contributed by atoms with Crippen LogP contribution >= 0.6 is 23.5 Å². The van der Waals surface area contributed by atoms with Crippen molar-refractivity contribution in [3.8, 4) is 12.3 Å². The molecule has 0 aliphatic carbocycles. The monoisotopic (exact) mass is 304 g/mol. The molecule has 3 aliphatic heterocycles. The Kier molecular flexibility index (Phi) is 4.35. The third kappa shape index (κ3) is 2.74. The molecule has 0 saturated carbocycles. The molecule has 1 aromatic carbocycles. The minimum Gasteiger partial charge on any atom is -0.354 e. The molecule has 0 atom stereocenters. The number of hydrogen-bond acceptors (Lipinski definition) is 3. The average molecular weight is 304 g/mol. The van der Waals surface area contributed by atoms with Gasteiger partial charge in [-0.15, -0.1) is 35.9 Å². The molecule has 0 radical (unpaired) electrons. The largest absolute Gasteiger partial charge is 0.354 e. The van der Waals surface area contributed by atoms with Crippen LogP contribution in [-0.2, 0) is 10.2 Å². The lowest BCUT2D eigenvalue weighted by Gasteiger charge is -2.52. The van der Waals surface area contributed by atoms with E-state index in [-0.39, 0.29) is 9.68 Å². The van der Waals surface area contributed by atoms with Crippen LogP contribution in [0.25, 0.3) is 0 Å². The van der Waals surface area contributed by atoms with Gasteiger partial charge in [-0.3, -0.25) is 0 Å². The van der Waals surface area contributed by atoms with Gasteiger partial charge in [0.2, 0.25) is 0 Å². The number of thioether (sulfide) groups is 2. The Morgan fingerprint density at radius 2 is 1.90 bits per heavy atom. The van der Waals surface area contributed by atoms with Crippen molar-refractivity contribution in [1.82, 2.24) is 0 Å². The quantitative estimate of drug-likeness (QED) is 0.593. The summed E-state index contributed by atoms with van der Waals surface area (Å²) in [5, 5.41) is 0. The predicted octanol–water partition coefficient (Wildman–Crippen LogP) is 4.28. The second-order valence-electron chi connectivity index (χ2n) is 5.61. The molecule has 1 aromatic rings. The molecule has 3 aliphatic rings. The average Bonchev–Trinajstić information content (AvgIpc) is 2.54. The Labute approximate surface area is 130 Å². The van der Waals surface area contributed by atoms with E-state index in [0.29, 0.717) is 0 Å². The molecular weight excluding hydrogens is 284 g/mol. The molecule has 0 aromatic heterocycles. The molecule has 3 fully saturated rings. The summed E-state index contributed by atoms with van der Waals surface area (Å²) >= 11 is 4.00. The van der Waals surface area contributed by atoms with Gasteiger partial charge in [-0.05, 0) is 24.8 Å². The molecule has 0 amide bonds. The second-order valence-corrected chi connectivity index (χ2v) is 8.34. The van der Waals surface area contributed by atoms with E-state index in [1.807, 2.05) is 23.5 Å². The van der Waals surface area contributed by atoms with Crippen LogP contribution in [0.2, 0.25) is 0 Å². The summed E-state index contributed by atoms with van der Waals surface area (Å²) in [4.78, 5) is 0. The van der Waals surface area contributed by atoms with Crippen LogP contribution in [0.4, 0.5) is 0 Å². The third-order valence-electron chi connectivity index (χ3n) is 4.15. The van der Waals surface area contributed by atoms with E-state index in [2.05, 4.69) is 36.3 Å². The summed E-state index contributed by atoms with van der Waals surface area (Å²) in [6.07, 6.45) is 9.61. The maximum atomic E-state index is 6.28. The van der Waals surface area contributed by atoms with Crippen LogP contribution < -0.4 is 0 Å². The first-order valence-electron chi connectivity index (χ1n) is 7.20. The molecule has 0 N–H and O–H groups in total. The molecular formula is C17H20OS2. The lowest BCUT2D eigenvalue weighted by atomic mass is 9.84. The number of benzene rings is 1. The number of ether oxygens (including phenoxy) is 1. The lowest BCUT2D eigenvalue weighted by molar-refractivity contribution is 0.0313. The molecule has 1 nitrogen and oxygen atoms in total. The molecule has 20 heavy (non-hydrogen) atoms. The molecule has 0 unspecified atom stereocenters. The van der Waals surface area contributed by atoms with Crippen LogP contribution in [-0.4, -0.2) is 22.4 Å². The maximum absolute atomic E-state index is 6.28. The van der Waals surface area contributed by atoms with Crippen molar-refractivity contribution < 1.29 is 4.74 Å². The zero-order valence-electron chi connectivity index (χ0n) is 11.6. The van der Waals surface area contributed by atoms with E-state index in [4.69, 9.17) is 11.2 Å². The summed E-state index contributed by atoms with van der Waals surface area (Å²) in [5.41, 5.74) is 1.65. The van der Waals surface area contributed by atoms with Gasteiger partial charge in [0.15, 0.2) is 4.27 Å². The maximum Gasteiger partial charge on any atom is 0.160 e. The number of fused-ring (bicyclic) bond motifs is 3. The minimum atomic E-state index is 0.00509. The third-order valence-corrected chi connectivity index (χ3v) is 7.77. The van der Waals surface area contributed by atoms with E-state index in [0.717, 1.165) is 25.9 Å². The predicted molar refractivity (Wildman–Crippen MR) is 89.0 cm³/mol. The van der Waals surface area contributed by atoms with Crippen molar-refractivity contribution in [2.24, 2.45) is 0 Å². The van der Waals surface area contributed by atoms with Crippen molar-refractivity contribution in [3.63, 3.8) is 0 Å². The fraction of sp³-hybridized carbons (Fsp3) is 0.529. The van der Waals surface area contributed by atoms with E-state index >= 15 is 0 Å². The summed E-state index contributed by atoms with van der Waals surface area (Å²) in [6, 6.07) is 10.8. The second kappa shape index (κ2) is 6.05. The Bertz CT molecular complexity index is 467. The zero-order valence-corrected chi connectivity index (χ0v) is 13.3. The van der Waals surface area contributed by atoms with Crippen LogP contribution in [0.15, 0.2) is 30.3 Å². The summed E-state index contributed by atoms with van der Waals surface area (Å²) in [7, 11) is 0. The first-order chi connectivity index (χ1) is 9.79. The van der Waals surface area contributed by atoms with E-state index in [1.165, 1.54) is 23.5 Å². The molecule has 4 rings (SSSR count). The van der Waals surface area contributed by atoms with Gasteiger partial charge in [-0.25, -0.2) is 0 Å². The van der Waals surface area contributed by atoms with Gasteiger partial charge in [0.25, 0.3) is 0 Å². The van der Waals surface area contributed by atoms with Crippen LogP contribution in [0.1, 0.15) is 31.2 Å². The smallest absolute Gasteiger partial charge is 0.160 e. The van der Waals surface area contributed by atoms with Gasteiger partial charge in [0, 0.05) is 23.3 Å². The molecule has 3 heteroatoms. The molecule has 3 saturated heterocycles. The Morgan fingerprint density at radius 3 is 2.50 bits per heavy atom. The minimum absolute atomic E-state index is 0.00509. The van der Waals surface area contributed by atoms with Gasteiger partial charge in [0.05, 0.1) is 6.61 Å². The summed E-state index contributed by atoms with van der Waals surface area (Å²) < 4.78 is 6.28. The highest BCUT2D eigenvalue weighted by Crippen LogP contribution is 2.57. The van der Waals surface area contributed by atoms with E-state index in [1.54, 1.807) is 0 Å². The van der Waals surface area contributed by atoms with Crippen molar-refractivity contribution in [3.05, 3.63) is 35.9 Å². The number of rotatable bonds is 5. The molecule has 2 bridgehead atoms. The van der Waals surface area contributed by atoms with Gasteiger partial charge in [-0.2, -0.15) is 0 Å². The lowest BCUT2D eigenvalue weighted by Crippen LogP contribution is -2.52. The van der Waals surface area contributed by atoms with Crippen molar-refractivity contribution in [2.75, 3.05) is 18.1 Å². The number of terminal acetylenes is 1. The molecule has 3 heterocycles. The van der Waals surface area contributed by atoms with Gasteiger partial charge < -0.3 is 4.74 Å². The van der Waals surface area contributed by atoms with Crippen LogP contribution in [0.3, 0.4) is 0 Å². The summed E-state index contributed by atoms with van der Waals surface area (Å²) in [5.74, 6) is 5.08. The fourth-order valence-electron chi connectivity index (χ4n) is 2.82. The highest BCUT2D eigenvalue weighted by molar-refractivity contribution is 8.18. The van der Waals surface area contributed by atoms with Crippen molar-refractivity contribution in [2.45, 2.75) is 35.4 Å². The SMILES string of the molecule is C#CCCCCC12OCC(c3ccccc3)(CS1)CS2. The standard InChI is InChI=1S/C17H20OS2/c1-2-3-4-8-11-17-18-12-16(13-19-17,14-20-17)15-9-6-5-7-10-15/h1,5-7,9-10H,3-4,8,11-14H2. The van der Waals surface area contributed by atoms with E-state index in [9.17, 15) is 0 Å². The van der Waals surface area contributed by atoms with E-state index < -0.39 is 0 Å². The highest BCUT2D eigenvalue weighted by Gasteiger charge is 2.51.